The number of amides is 2. The maximum atomic E-state index is 12.6. The van der Waals surface area contributed by atoms with E-state index in [1.54, 1.807) is 19.1 Å². The number of hydrogen-bond donors (Lipinski definition) is 1. The van der Waals surface area contributed by atoms with Crippen molar-refractivity contribution in [1.29, 1.82) is 0 Å². The fourth-order valence-corrected chi connectivity index (χ4v) is 5.46. The van der Waals surface area contributed by atoms with Gasteiger partial charge in [-0.05, 0) is 23.8 Å². The highest BCUT2D eigenvalue weighted by atomic mass is 32.2. The minimum Gasteiger partial charge on any atom is -0.349 e. The van der Waals surface area contributed by atoms with Gasteiger partial charge in [0, 0.05) is 23.9 Å². The van der Waals surface area contributed by atoms with Gasteiger partial charge in [0.15, 0.2) is 9.84 Å². The van der Waals surface area contributed by atoms with Gasteiger partial charge >= 0.3 is 0 Å². The standard InChI is InChI=1S/C18H20N2O4S2/c1-3-26(23,24)17-9-8-14(25-17)11-19-18(22)16-10-13-6-4-5-7-15(13)20(16)12(2)21/h4-9,16H,3,10-11H2,1-2H3,(H,19,22)/t16-/m0/s1. The van der Waals surface area contributed by atoms with Gasteiger partial charge in [0.2, 0.25) is 11.8 Å². The molecule has 0 spiro atoms. The van der Waals surface area contributed by atoms with Crippen molar-refractivity contribution in [3.63, 3.8) is 0 Å². The fraction of sp³-hybridized carbons (Fsp3) is 0.333. The second-order valence-electron chi connectivity index (χ2n) is 6.08. The Labute approximate surface area is 156 Å². The summed E-state index contributed by atoms with van der Waals surface area (Å²) in [5.41, 5.74) is 1.74. The number of nitrogens with one attached hydrogen (secondary N) is 1. The SMILES string of the molecule is CCS(=O)(=O)c1ccc(CNC(=O)[C@@H]2Cc3ccccc3N2C(C)=O)s1. The van der Waals surface area contributed by atoms with Gasteiger partial charge in [-0.15, -0.1) is 11.3 Å². The van der Waals surface area contributed by atoms with Crippen LogP contribution in [0.25, 0.3) is 0 Å². The van der Waals surface area contributed by atoms with Crippen LogP contribution in [-0.2, 0) is 32.4 Å². The molecule has 26 heavy (non-hydrogen) atoms. The van der Waals surface area contributed by atoms with E-state index < -0.39 is 15.9 Å². The molecule has 0 aliphatic carbocycles. The largest absolute Gasteiger partial charge is 0.349 e. The molecule has 1 aliphatic rings. The number of anilines is 1. The van der Waals surface area contributed by atoms with E-state index in [2.05, 4.69) is 5.32 Å². The van der Waals surface area contributed by atoms with Crippen LogP contribution >= 0.6 is 11.3 Å². The van der Waals surface area contributed by atoms with Crippen LogP contribution in [0, 0.1) is 0 Å². The van der Waals surface area contributed by atoms with Gasteiger partial charge in [-0.2, -0.15) is 0 Å². The maximum Gasteiger partial charge on any atom is 0.243 e. The first kappa shape index (κ1) is 18.6. The van der Waals surface area contributed by atoms with E-state index in [9.17, 15) is 18.0 Å². The van der Waals surface area contributed by atoms with Crippen LogP contribution in [0.4, 0.5) is 5.69 Å². The molecule has 0 saturated heterocycles. The van der Waals surface area contributed by atoms with Crippen molar-refractivity contribution in [3.05, 3.63) is 46.8 Å². The number of carbonyl (C=O) groups excluding carboxylic acids is 2. The zero-order valence-electron chi connectivity index (χ0n) is 14.6. The lowest BCUT2D eigenvalue weighted by molar-refractivity contribution is -0.125. The normalized spacial score (nSPS) is 16.4. The van der Waals surface area contributed by atoms with E-state index in [0.717, 1.165) is 27.5 Å². The monoisotopic (exact) mass is 392 g/mol. The Hall–Kier alpha value is -2.19. The summed E-state index contributed by atoms with van der Waals surface area (Å²) in [6.45, 7) is 3.29. The van der Waals surface area contributed by atoms with E-state index >= 15 is 0 Å². The molecule has 1 N–H and O–H groups in total. The van der Waals surface area contributed by atoms with Gasteiger partial charge in [0.25, 0.3) is 0 Å². The highest BCUT2D eigenvalue weighted by Crippen LogP contribution is 2.32. The number of hydrogen-bond acceptors (Lipinski definition) is 5. The molecule has 2 amide bonds. The molecule has 1 aromatic heterocycles. The molecule has 1 aliphatic heterocycles. The van der Waals surface area contributed by atoms with Crippen molar-refractivity contribution in [1.82, 2.24) is 5.32 Å². The van der Waals surface area contributed by atoms with Gasteiger partial charge in [-0.3, -0.25) is 14.5 Å². The van der Waals surface area contributed by atoms with Crippen LogP contribution in [0.2, 0.25) is 0 Å². The molecular weight excluding hydrogens is 372 g/mol. The number of thiophene rings is 1. The van der Waals surface area contributed by atoms with Crippen molar-refractivity contribution in [2.75, 3.05) is 10.7 Å². The van der Waals surface area contributed by atoms with E-state index in [0.29, 0.717) is 10.6 Å². The zero-order chi connectivity index (χ0) is 18.9. The average Bonchev–Trinajstić information content (AvgIpc) is 3.24. The summed E-state index contributed by atoms with van der Waals surface area (Å²) in [5.74, 6) is -0.375. The molecule has 6 nitrogen and oxygen atoms in total. The molecule has 0 radical (unpaired) electrons. The van der Waals surface area contributed by atoms with Gasteiger partial charge < -0.3 is 5.32 Å². The summed E-state index contributed by atoms with van der Waals surface area (Å²) in [6, 6.07) is 10.2. The summed E-state index contributed by atoms with van der Waals surface area (Å²) < 4.78 is 24.1. The Morgan fingerprint density at radius 1 is 1.23 bits per heavy atom. The molecule has 0 unspecified atom stereocenters. The summed E-state index contributed by atoms with van der Waals surface area (Å²) in [7, 11) is -3.23. The number of fused-ring (bicyclic) bond motifs is 1. The van der Waals surface area contributed by atoms with E-state index in [1.807, 2.05) is 24.3 Å². The summed E-state index contributed by atoms with van der Waals surface area (Å²) in [4.78, 5) is 26.9. The molecule has 8 heteroatoms. The Bertz CT molecular complexity index is 950. The van der Waals surface area contributed by atoms with Gasteiger partial charge in [0.1, 0.15) is 10.3 Å². The molecular formula is C18H20N2O4S2. The lowest BCUT2D eigenvalue weighted by Gasteiger charge is -2.23. The van der Waals surface area contributed by atoms with Crippen LogP contribution in [-0.4, -0.2) is 32.0 Å². The predicted molar refractivity (Wildman–Crippen MR) is 101 cm³/mol. The van der Waals surface area contributed by atoms with Crippen LogP contribution < -0.4 is 10.2 Å². The summed E-state index contributed by atoms with van der Waals surface area (Å²) >= 11 is 1.16. The fourth-order valence-electron chi connectivity index (χ4n) is 3.04. The van der Waals surface area contributed by atoms with Gasteiger partial charge in [0.05, 0.1) is 12.3 Å². The highest BCUT2D eigenvalue weighted by molar-refractivity contribution is 7.93. The third kappa shape index (κ3) is 3.52. The van der Waals surface area contributed by atoms with Crippen LogP contribution in [0.1, 0.15) is 24.3 Å². The first-order valence-electron chi connectivity index (χ1n) is 8.30. The second kappa shape index (κ2) is 7.20. The number of nitrogens with zero attached hydrogens (tertiary/aromatic N) is 1. The number of para-hydroxylation sites is 1. The number of benzene rings is 1. The lowest BCUT2D eigenvalue weighted by atomic mass is 10.1. The third-order valence-corrected chi connectivity index (χ3v) is 7.78. The molecule has 1 aromatic carbocycles. The van der Waals surface area contributed by atoms with Crippen molar-refractivity contribution in [2.24, 2.45) is 0 Å². The van der Waals surface area contributed by atoms with E-state index in [4.69, 9.17) is 0 Å². The van der Waals surface area contributed by atoms with Gasteiger partial charge in [-0.25, -0.2) is 8.42 Å². The van der Waals surface area contributed by atoms with Crippen molar-refractivity contribution in [3.8, 4) is 0 Å². The maximum absolute atomic E-state index is 12.6. The van der Waals surface area contributed by atoms with Crippen molar-refractivity contribution >= 4 is 38.7 Å². The first-order chi connectivity index (χ1) is 12.3. The molecule has 1 atom stereocenters. The Morgan fingerprint density at radius 2 is 1.96 bits per heavy atom. The topological polar surface area (TPSA) is 83.6 Å². The molecule has 2 heterocycles. The number of carbonyl (C=O) groups is 2. The lowest BCUT2D eigenvalue weighted by Crippen LogP contribution is -2.47. The molecule has 138 valence electrons. The Kier molecular flexibility index (Phi) is 5.15. The molecule has 2 aromatic rings. The van der Waals surface area contributed by atoms with Crippen LogP contribution in [0.15, 0.2) is 40.6 Å². The first-order valence-corrected chi connectivity index (χ1v) is 10.8. The Morgan fingerprint density at radius 3 is 2.65 bits per heavy atom. The highest BCUT2D eigenvalue weighted by Gasteiger charge is 2.36. The minimum atomic E-state index is -3.23. The van der Waals surface area contributed by atoms with E-state index in [1.165, 1.54) is 11.8 Å². The molecule has 0 fully saturated rings. The van der Waals surface area contributed by atoms with Crippen LogP contribution in [0.3, 0.4) is 0 Å². The van der Waals surface area contributed by atoms with Crippen molar-refractivity contribution in [2.45, 2.75) is 37.1 Å². The quantitative estimate of drug-likeness (QED) is 0.845. The zero-order valence-corrected chi connectivity index (χ0v) is 16.2. The smallest absolute Gasteiger partial charge is 0.243 e. The predicted octanol–water partition coefficient (Wildman–Crippen LogP) is 2.14. The molecule has 3 rings (SSSR count). The minimum absolute atomic E-state index is 0.0488. The Balaban J connectivity index is 1.70. The third-order valence-electron chi connectivity index (χ3n) is 4.38. The number of rotatable bonds is 5. The number of sulfone groups is 1. The summed E-state index contributed by atoms with van der Waals surface area (Å²) in [5, 5.41) is 2.83. The van der Waals surface area contributed by atoms with Crippen LogP contribution in [0.5, 0.6) is 0 Å². The van der Waals surface area contributed by atoms with E-state index in [-0.39, 0.29) is 24.1 Å². The molecule has 0 bridgehead atoms. The summed E-state index contributed by atoms with van der Waals surface area (Å²) in [6.07, 6.45) is 0.474. The second-order valence-corrected chi connectivity index (χ2v) is 9.75. The molecule has 0 saturated carbocycles. The average molecular weight is 393 g/mol. The van der Waals surface area contributed by atoms with Gasteiger partial charge in [-0.1, -0.05) is 25.1 Å². The van der Waals surface area contributed by atoms with Crippen molar-refractivity contribution < 1.29 is 18.0 Å².